The summed E-state index contributed by atoms with van der Waals surface area (Å²) in [5.41, 5.74) is 9.95. The Morgan fingerprint density at radius 1 is 1.28 bits per heavy atom. The summed E-state index contributed by atoms with van der Waals surface area (Å²) in [6, 6.07) is 6.25. The third-order valence-electron chi connectivity index (χ3n) is 8.12. The van der Waals surface area contributed by atoms with E-state index in [1.807, 2.05) is 18.5 Å². The topological polar surface area (TPSA) is 90.4 Å². The molecule has 1 aliphatic carbocycles. The predicted molar refractivity (Wildman–Crippen MR) is 145 cm³/mol. The fourth-order valence-corrected chi connectivity index (χ4v) is 6.18. The molecule has 0 amide bonds. The molecule has 4 N–H and O–H groups in total. The fourth-order valence-electron chi connectivity index (χ4n) is 6.18. The van der Waals surface area contributed by atoms with Crippen LogP contribution in [-0.4, -0.2) is 30.6 Å². The lowest BCUT2D eigenvalue weighted by atomic mass is 9.74. The van der Waals surface area contributed by atoms with Crippen LogP contribution in [0.3, 0.4) is 0 Å². The van der Waals surface area contributed by atoms with E-state index < -0.39 is 5.54 Å². The molecular weight excluding hydrogens is 500 g/mol. The lowest BCUT2D eigenvalue weighted by molar-refractivity contribution is -0.692. The van der Waals surface area contributed by atoms with Crippen LogP contribution in [0.4, 0.5) is 8.78 Å². The average Bonchev–Trinajstić information content (AvgIpc) is 3.46. The predicted octanol–water partition coefficient (Wildman–Crippen LogP) is 3.73. The number of nitrogens with zero attached hydrogens (tertiary/aromatic N) is 3. The van der Waals surface area contributed by atoms with Gasteiger partial charge in [-0.1, -0.05) is 26.7 Å². The second-order valence-corrected chi connectivity index (χ2v) is 10.7. The Hall–Kier alpha value is -3.37. The van der Waals surface area contributed by atoms with E-state index in [0.29, 0.717) is 18.3 Å². The number of rotatable bonds is 8. The number of fused-ring (bicyclic) bond motifs is 2. The highest BCUT2D eigenvalue weighted by Crippen LogP contribution is 2.49. The summed E-state index contributed by atoms with van der Waals surface area (Å²) < 4.78 is 35.5. The summed E-state index contributed by atoms with van der Waals surface area (Å²) >= 11 is 0. The van der Waals surface area contributed by atoms with E-state index in [9.17, 15) is 8.78 Å². The minimum atomic E-state index is -0.630. The molecule has 3 aliphatic rings. The number of halogens is 2. The molecule has 2 aromatic rings. The molecule has 0 saturated heterocycles. The van der Waals surface area contributed by atoms with Gasteiger partial charge in [-0.25, -0.2) is 18.7 Å². The van der Waals surface area contributed by atoms with Crippen LogP contribution in [0, 0.1) is 24.6 Å². The Balaban J connectivity index is 1.47. The molecule has 39 heavy (non-hydrogen) atoms. The summed E-state index contributed by atoms with van der Waals surface area (Å²) in [6.45, 7) is 6.73. The van der Waals surface area contributed by atoms with E-state index in [1.54, 1.807) is 31.3 Å². The highest BCUT2D eigenvalue weighted by atomic mass is 19.1. The van der Waals surface area contributed by atoms with Crippen LogP contribution in [0.1, 0.15) is 56.8 Å². The number of hydrogen-bond acceptors (Lipinski definition) is 6. The van der Waals surface area contributed by atoms with Crippen molar-refractivity contribution >= 4 is 5.84 Å². The summed E-state index contributed by atoms with van der Waals surface area (Å²) in [4.78, 5) is 4.33. The zero-order valence-corrected chi connectivity index (χ0v) is 23.2. The lowest BCUT2D eigenvalue weighted by Crippen LogP contribution is -2.61. The second-order valence-electron chi connectivity index (χ2n) is 10.7. The first-order valence-electron chi connectivity index (χ1n) is 13.7. The molecule has 1 aromatic heterocycles. The summed E-state index contributed by atoms with van der Waals surface area (Å²) in [6.07, 6.45) is 6.91. The quantitative estimate of drug-likeness (QED) is 0.177. The maximum atomic E-state index is 14.5. The van der Waals surface area contributed by atoms with Gasteiger partial charge in [0.25, 0.3) is 0 Å². The van der Waals surface area contributed by atoms with Crippen LogP contribution in [0.2, 0.25) is 0 Å². The molecule has 0 saturated carbocycles. The number of aromatic nitrogens is 2. The van der Waals surface area contributed by atoms with Crippen LogP contribution in [0.5, 0.6) is 0 Å². The van der Waals surface area contributed by atoms with Crippen LogP contribution < -0.4 is 26.1 Å². The van der Waals surface area contributed by atoms with Crippen molar-refractivity contribution in [2.24, 2.45) is 23.9 Å². The average molecular weight is 539 g/mol. The Kier molecular flexibility index (Phi) is 7.68. The van der Waals surface area contributed by atoms with Gasteiger partial charge in [0.1, 0.15) is 17.5 Å². The molecular formula is C29H38F2N7O+. The van der Waals surface area contributed by atoms with Gasteiger partial charge in [-0.05, 0) is 60.8 Å². The van der Waals surface area contributed by atoms with Gasteiger partial charge in [0.2, 0.25) is 0 Å². The number of nitrogens with one attached hydrogen (secondary N) is 4. The van der Waals surface area contributed by atoms with Gasteiger partial charge in [-0.3, -0.25) is 10.3 Å². The minimum Gasteiger partial charge on any atom is -0.360 e. The van der Waals surface area contributed by atoms with Crippen LogP contribution >= 0.6 is 0 Å². The largest absolute Gasteiger partial charge is 0.374 e. The highest BCUT2D eigenvalue weighted by molar-refractivity contribution is 5.98. The van der Waals surface area contributed by atoms with E-state index in [-0.39, 0.29) is 29.5 Å². The zero-order valence-electron chi connectivity index (χ0n) is 23.2. The van der Waals surface area contributed by atoms with E-state index >= 15 is 0 Å². The maximum absolute atomic E-state index is 14.5. The lowest BCUT2D eigenvalue weighted by Gasteiger charge is -2.40. The summed E-state index contributed by atoms with van der Waals surface area (Å²) in [5, 5.41) is 12.1. The molecule has 8 nitrogen and oxygen atoms in total. The van der Waals surface area contributed by atoms with Crippen LogP contribution in [0.15, 0.2) is 68.7 Å². The second kappa shape index (κ2) is 11.0. The molecule has 1 aromatic carbocycles. The summed E-state index contributed by atoms with van der Waals surface area (Å²) in [7, 11) is 3.67. The molecule has 4 atom stereocenters. The first-order valence-corrected chi connectivity index (χ1v) is 13.7. The maximum Gasteiger partial charge on any atom is 0.374 e. The number of aryl methyl sites for hydroxylation is 1. The van der Waals surface area contributed by atoms with Crippen molar-refractivity contribution < 1.29 is 17.9 Å². The van der Waals surface area contributed by atoms with Crippen molar-refractivity contribution in [1.82, 2.24) is 26.6 Å². The minimum absolute atomic E-state index is 0.0283. The van der Waals surface area contributed by atoms with Crippen LogP contribution in [-0.2, 0) is 12.6 Å². The van der Waals surface area contributed by atoms with Crippen molar-refractivity contribution in [2.45, 2.75) is 58.0 Å². The molecule has 0 bridgehead atoms. The number of hydrazine groups is 1. The van der Waals surface area contributed by atoms with Gasteiger partial charge in [-0.15, -0.1) is 0 Å². The van der Waals surface area contributed by atoms with Crippen molar-refractivity contribution in [2.75, 3.05) is 13.6 Å². The number of benzene rings is 1. The normalized spacial score (nSPS) is 26.5. The number of unbranched alkanes of at least 4 members (excludes halogenated alkanes) is 1. The fraction of sp³-hybridized carbons (Fsp3) is 0.483. The van der Waals surface area contributed by atoms with Gasteiger partial charge in [0.15, 0.2) is 10.7 Å². The molecule has 5 rings (SSSR count). The smallest absolute Gasteiger partial charge is 0.360 e. The first-order chi connectivity index (χ1) is 18.8. The standard InChI is InChI=1S/C29H38F2N7O/c1-6-7-12-29(28-37-39-18(3)38(28)5)26-23(25-17(2)13-21(31)14-24(25)34-26)15-22(35-29)16-33-36-27(32-4)19-8-10-20(30)11-9-19/h8-11,13-14,17,22,25,33-35H,6-7,12,15-16H2,1-5H3,(H,32,36)/q+1. The van der Waals surface area contributed by atoms with Crippen molar-refractivity contribution in [1.29, 1.82) is 0 Å². The van der Waals surface area contributed by atoms with E-state index in [1.165, 1.54) is 17.7 Å². The summed E-state index contributed by atoms with van der Waals surface area (Å²) in [5.74, 6) is 1.76. The van der Waals surface area contributed by atoms with Gasteiger partial charge >= 0.3 is 11.7 Å². The van der Waals surface area contributed by atoms with Gasteiger partial charge in [0, 0.05) is 49.4 Å². The van der Waals surface area contributed by atoms with Crippen LogP contribution in [0.25, 0.3) is 0 Å². The van der Waals surface area contributed by atoms with Crippen molar-refractivity contribution in [3.63, 3.8) is 0 Å². The van der Waals surface area contributed by atoms with E-state index in [4.69, 9.17) is 4.52 Å². The highest BCUT2D eigenvalue weighted by Gasteiger charge is 2.55. The number of hydrogen-bond donors (Lipinski definition) is 4. The molecule has 0 radical (unpaired) electrons. The molecule has 0 spiro atoms. The number of allylic oxidation sites excluding steroid dienone is 4. The third kappa shape index (κ3) is 5.03. The molecule has 0 fully saturated rings. The Morgan fingerprint density at radius 3 is 2.72 bits per heavy atom. The zero-order chi connectivity index (χ0) is 27.7. The van der Waals surface area contributed by atoms with Crippen molar-refractivity contribution in [3.8, 4) is 0 Å². The number of amidine groups is 1. The molecule has 10 heteroatoms. The third-order valence-corrected chi connectivity index (χ3v) is 8.12. The Labute approximate surface area is 228 Å². The van der Waals surface area contributed by atoms with Crippen molar-refractivity contribution in [3.05, 3.63) is 82.3 Å². The van der Waals surface area contributed by atoms with Gasteiger partial charge in [0.05, 0.1) is 7.05 Å². The van der Waals surface area contributed by atoms with Gasteiger partial charge < -0.3 is 10.7 Å². The molecule has 4 unspecified atom stereocenters. The monoisotopic (exact) mass is 538 g/mol. The molecule has 2 aliphatic heterocycles. The van der Waals surface area contributed by atoms with E-state index in [0.717, 1.165) is 48.5 Å². The number of aliphatic imine (C=N–C) groups is 1. The Bertz CT molecular complexity index is 1340. The first kappa shape index (κ1) is 27.2. The van der Waals surface area contributed by atoms with E-state index in [2.05, 4.69) is 45.5 Å². The Morgan fingerprint density at radius 2 is 2.05 bits per heavy atom. The van der Waals surface area contributed by atoms with Gasteiger partial charge in [-0.2, -0.15) is 4.57 Å². The molecule has 208 valence electrons. The molecule has 3 heterocycles. The SMILES string of the molecule is CCCCC1(c2noc(C)[n+]2C)NC(CNNC(=NC)c2ccc(F)cc2)CC2=C1NC1=CC(F)=CC(C)C12.